The number of carbonyl (C=O) groups excluding carboxylic acids is 1. The van der Waals surface area contributed by atoms with Gasteiger partial charge in [-0.05, 0) is 24.5 Å². The second-order valence-electron chi connectivity index (χ2n) is 6.12. The molecule has 0 bridgehead atoms. The highest BCUT2D eigenvalue weighted by molar-refractivity contribution is 5.92. The summed E-state index contributed by atoms with van der Waals surface area (Å²) in [7, 11) is 0. The molecule has 126 valence electrons. The van der Waals surface area contributed by atoms with Gasteiger partial charge in [0, 0.05) is 29.2 Å². The van der Waals surface area contributed by atoms with Crippen molar-refractivity contribution in [2.75, 3.05) is 0 Å². The van der Waals surface area contributed by atoms with Gasteiger partial charge in [0.1, 0.15) is 5.54 Å². The van der Waals surface area contributed by atoms with E-state index < -0.39 is 22.3 Å². The lowest BCUT2D eigenvalue weighted by Gasteiger charge is -2.25. The van der Waals surface area contributed by atoms with Crippen LogP contribution in [0.1, 0.15) is 31.2 Å². The zero-order chi connectivity index (χ0) is 17.3. The molecule has 2 aromatic rings. The Morgan fingerprint density at radius 1 is 1.33 bits per heavy atom. The van der Waals surface area contributed by atoms with E-state index in [0.29, 0.717) is 29.3 Å². The fourth-order valence-corrected chi connectivity index (χ4v) is 3.28. The Morgan fingerprint density at radius 3 is 2.67 bits per heavy atom. The third-order valence-corrected chi connectivity index (χ3v) is 4.56. The first-order valence-electron chi connectivity index (χ1n) is 7.70. The first kappa shape index (κ1) is 16.0. The van der Waals surface area contributed by atoms with Gasteiger partial charge in [-0.1, -0.05) is 12.8 Å². The SMILES string of the molecule is O=C(Cc1c[nH]c2ccc([N+](=O)[O-])cc12)NC1(C(=O)O)CCCC1. The number of nitrogens with one attached hydrogen (secondary N) is 2. The molecule has 3 N–H and O–H groups in total. The average molecular weight is 331 g/mol. The average Bonchev–Trinajstić information content (AvgIpc) is 3.15. The second-order valence-corrected chi connectivity index (χ2v) is 6.12. The minimum absolute atomic E-state index is 0.0315. The van der Waals surface area contributed by atoms with E-state index >= 15 is 0 Å². The second kappa shape index (κ2) is 5.95. The van der Waals surface area contributed by atoms with Gasteiger partial charge in [-0.3, -0.25) is 14.9 Å². The Bertz CT molecular complexity index is 820. The number of carboxylic acid groups (broad SMARTS) is 1. The number of nitro benzene ring substituents is 1. The van der Waals surface area contributed by atoms with Crippen LogP contribution >= 0.6 is 0 Å². The van der Waals surface area contributed by atoms with Gasteiger partial charge in [-0.25, -0.2) is 4.79 Å². The number of nitrogens with zero attached hydrogens (tertiary/aromatic N) is 1. The van der Waals surface area contributed by atoms with Crippen LogP contribution in [0.4, 0.5) is 5.69 Å². The first-order chi connectivity index (χ1) is 11.4. The van der Waals surface area contributed by atoms with Crippen molar-refractivity contribution in [2.45, 2.75) is 37.6 Å². The van der Waals surface area contributed by atoms with Crippen LogP contribution in [0.3, 0.4) is 0 Å². The van der Waals surface area contributed by atoms with Crippen molar-refractivity contribution >= 4 is 28.5 Å². The lowest BCUT2D eigenvalue weighted by molar-refractivity contribution is -0.384. The molecule has 1 saturated carbocycles. The van der Waals surface area contributed by atoms with Gasteiger partial charge in [0.15, 0.2) is 0 Å². The van der Waals surface area contributed by atoms with Crippen LogP contribution in [-0.4, -0.2) is 32.4 Å². The predicted octanol–water partition coefficient (Wildman–Crippen LogP) is 2.13. The van der Waals surface area contributed by atoms with Gasteiger partial charge in [-0.15, -0.1) is 0 Å². The number of aromatic amines is 1. The van der Waals surface area contributed by atoms with E-state index in [2.05, 4.69) is 10.3 Å². The smallest absolute Gasteiger partial charge is 0.329 e. The first-order valence-corrected chi connectivity index (χ1v) is 7.70. The normalized spacial score (nSPS) is 16.2. The molecule has 24 heavy (non-hydrogen) atoms. The molecule has 1 heterocycles. The maximum Gasteiger partial charge on any atom is 0.329 e. The quantitative estimate of drug-likeness (QED) is 0.571. The number of aliphatic carboxylic acids is 1. The van der Waals surface area contributed by atoms with Crippen molar-refractivity contribution in [1.29, 1.82) is 0 Å². The van der Waals surface area contributed by atoms with Crippen molar-refractivity contribution in [2.24, 2.45) is 0 Å². The Balaban J connectivity index is 1.81. The Morgan fingerprint density at radius 2 is 2.04 bits per heavy atom. The number of carboxylic acids is 1. The van der Waals surface area contributed by atoms with E-state index in [-0.39, 0.29) is 12.1 Å². The van der Waals surface area contributed by atoms with E-state index in [9.17, 15) is 24.8 Å². The van der Waals surface area contributed by atoms with Gasteiger partial charge < -0.3 is 15.4 Å². The number of amides is 1. The summed E-state index contributed by atoms with van der Waals surface area (Å²) in [6, 6.07) is 4.39. The molecule has 0 radical (unpaired) electrons. The summed E-state index contributed by atoms with van der Waals surface area (Å²) in [5.74, 6) is -1.41. The number of benzene rings is 1. The Kier molecular flexibility index (Phi) is 3.96. The number of H-pyrrole nitrogens is 1. The number of fused-ring (bicyclic) bond motifs is 1. The summed E-state index contributed by atoms with van der Waals surface area (Å²) < 4.78 is 0. The van der Waals surface area contributed by atoms with Gasteiger partial charge >= 0.3 is 5.97 Å². The summed E-state index contributed by atoms with van der Waals surface area (Å²) in [5, 5.41) is 23.5. The fourth-order valence-electron chi connectivity index (χ4n) is 3.28. The largest absolute Gasteiger partial charge is 0.480 e. The van der Waals surface area contributed by atoms with Crippen LogP contribution in [0.15, 0.2) is 24.4 Å². The lowest BCUT2D eigenvalue weighted by atomic mass is 9.97. The minimum atomic E-state index is -1.19. The van der Waals surface area contributed by atoms with Gasteiger partial charge in [0.2, 0.25) is 5.91 Å². The topological polar surface area (TPSA) is 125 Å². The van der Waals surface area contributed by atoms with Crippen LogP contribution < -0.4 is 5.32 Å². The Labute approximate surface area is 137 Å². The molecule has 0 spiro atoms. The molecule has 1 aliphatic rings. The summed E-state index contributed by atoms with van der Waals surface area (Å²) in [5.41, 5.74) is 0.0540. The third-order valence-electron chi connectivity index (χ3n) is 4.56. The molecule has 0 aliphatic heterocycles. The maximum atomic E-state index is 12.3. The van der Waals surface area contributed by atoms with E-state index in [0.717, 1.165) is 12.8 Å². The summed E-state index contributed by atoms with van der Waals surface area (Å²) in [6.07, 6.45) is 3.98. The molecule has 1 aromatic heterocycles. The molecular weight excluding hydrogens is 314 g/mol. The highest BCUT2D eigenvalue weighted by Gasteiger charge is 2.42. The lowest BCUT2D eigenvalue weighted by Crippen LogP contribution is -2.52. The molecule has 8 heteroatoms. The number of aromatic nitrogens is 1. The molecule has 0 atom stereocenters. The molecule has 1 amide bonds. The number of hydrogen-bond donors (Lipinski definition) is 3. The minimum Gasteiger partial charge on any atom is -0.480 e. The number of nitro groups is 1. The zero-order valence-corrected chi connectivity index (χ0v) is 12.9. The molecule has 1 aliphatic carbocycles. The Hall–Kier alpha value is -2.90. The van der Waals surface area contributed by atoms with Crippen LogP contribution in [0.25, 0.3) is 10.9 Å². The van der Waals surface area contributed by atoms with Crippen LogP contribution in [0.2, 0.25) is 0 Å². The van der Waals surface area contributed by atoms with E-state index in [4.69, 9.17) is 0 Å². The molecule has 1 aromatic carbocycles. The van der Waals surface area contributed by atoms with Gasteiger partial charge in [-0.2, -0.15) is 0 Å². The molecule has 3 rings (SSSR count). The van der Waals surface area contributed by atoms with Crippen LogP contribution in [0.5, 0.6) is 0 Å². The molecule has 1 fully saturated rings. The van der Waals surface area contributed by atoms with E-state index in [1.807, 2.05) is 0 Å². The van der Waals surface area contributed by atoms with Gasteiger partial charge in [0.05, 0.1) is 11.3 Å². The van der Waals surface area contributed by atoms with Crippen molar-refractivity contribution in [3.8, 4) is 0 Å². The van der Waals surface area contributed by atoms with Gasteiger partial charge in [0.25, 0.3) is 5.69 Å². The number of hydrogen-bond acceptors (Lipinski definition) is 4. The van der Waals surface area contributed by atoms with Crippen molar-refractivity contribution < 1.29 is 19.6 Å². The summed E-state index contributed by atoms with van der Waals surface area (Å²) in [6.45, 7) is 0. The standard InChI is InChI=1S/C16H17N3O5/c20-14(18-16(15(21)22)5-1-2-6-16)7-10-9-17-13-4-3-11(19(23)24)8-12(10)13/h3-4,8-9,17H,1-2,5-7H2,(H,18,20)(H,21,22). The highest BCUT2D eigenvalue weighted by atomic mass is 16.6. The van der Waals surface area contributed by atoms with E-state index in [1.165, 1.54) is 12.1 Å². The fraction of sp³-hybridized carbons (Fsp3) is 0.375. The summed E-state index contributed by atoms with van der Waals surface area (Å²) in [4.78, 5) is 37.2. The summed E-state index contributed by atoms with van der Waals surface area (Å²) >= 11 is 0. The highest BCUT2D eigenvalue weighted by Crippen LogP contribution is 2.30. The number of carbonyl (C=O) groups is 2. The monoisotopic (exact) mass is 331 g/mol. The number of rotatable bonds is 5. The van der Waals surface area contributed by atoms with Crippen molar-refractivity contribution in [3.05, 3.63) is 40.1 Å². The predicted molar refractivity (Wildman–Crippen MR) is 85.6 cm³/mol. The maximum absolute atomic E-state index is 12.3. The van der Waals surface area contributed by atoms with Crippen molar-refractivity contribution in [1.82, 2.24) is 10.3 Å². The van der Waals surface area contributed by atoms with Crippen LogP contribution in [0, 0.1) is 10.1 Å². The molecule has 0 saturated heterocycles. The third kappa shape index (κ3) is 2.82. The molecule has 0 unspecified atom stereocenters. The number of non-ortho nitro benzene ring substituents is 1. The van der Waals surface area contributed by atoms with Crippen LogP contribution in [-0.2, 0) is 16.0 Å². The van der Waals surface area contributed by atoms with Crippen molar-refractivity contribution in [3.63, 3.8) is 0 Å². The molecular formula is C16H17N3O5. The van der Waals surface area contributed by atoms with E-state index in [1.54, 1.807) is 12.3 Å². The zero-order valence-electron chi connectivity index (χ0n) is 12.9. The molecule has 8 nitrogen and oxygen atoms in total.